The van der Waals surface area contributed by atoms with Gasteiger partial charge in [0.15, 0.2) is 0 Å². The van der Waals surface area contributed by atoms with Gasteiger partial charge in [0.1, 0.15) is 11.8 Å². The number of nitrogens with zero attached hydrogens (tertiary/aromatic N) is 2. The van der Waals surface area contributed by atoms with Gasteiger partial charge in [0.25, 0.3) is 0 Å². The minimum absolute atomic E-state index is 0.275. The number of nitrogen functional groups attached to an aromatic ring is 1. The minimum atomic E-state index is -0.442. The third-order valence-corrected chi connectivity index (χ3v) is 4.22. The molecule has 5 heteroatoms. The van der Waals surface area contributed by atoms with Gasteiger partial charge in [-0.1, -0.05) is 42.5 Å². The molecule has 0 saturated heterocycles. The maximum absolute atomic E-state index is 12.4. The second kappa shape index (κ2) is 7.16. The first kappa shape index (κ1) is 17.3. The molecule has 2 aromatic carbocycles. The lowest BCUT2D eigenvalue weighted by Gasteiger charge is -2.09. The van der Waals surface area contributed by atoms with Crippen molar-refractivity contribution in [2.45, 2.75) is 6.92 Å². The Bertz CT molecular complexity index is 995. The first-order valence-corrected chi connectivity index (χ1v) is 8.28. The lowest BCUT2D eigenvalue weighted by Crippen LogP contribution is -2.10. The van der Waals surface area contributed by atoms with Crippen molar-refractivity contribution < 1.29 is 9.53 Å². The molecule has 0 saturated carbocycles. The molecule has 0 atom stereocenters. The number of carbonyl (C=O) groups excluding carboxylic acids is 1. The molecule has 3 rings (SSSR count). The lowest BCUT2D eigenvalue weighted by atomic mass is 9.97. The summed E-state index contributed by atoms with van der Waals surface area (Å²) in [5.74, 6) is -0.442. The summed E-state index contributed by atoms with van der Waals surface area (Å²) in [6.07, 6.45) is 1.64. The van der Waals surface area contributed by atoms with E-state index >= 15 is 0 Å². The molecule has 1 heterocycles. The second-order valence-corrected chi connectivity index (χ2v) is 5.87. The van der Waals surface area contributed by atoms with Crippen LogP contribution in [0.1, 0.15) is 23.0 Å². The first-order valence-electron chi connectivity index (χ1n) is 8.28. The summed E-state index contributed by atoms with van der Waals surface area (Å²) in [6.45, 7) is 2.03. The van der Waals surface area contributed by atoms with Crippen molar-refractivity contribution in [2.24, 2.45) is 7.05 Å². The number of anilines is 1. The summed E-state index contributed by atoms with van der Waals surface area (Å²) in [5, 5.41) is 9.47. The number of aromatic nitrogens is 1. The van der Waals surface area contributed by atoms with Crippen LogP contribution in [0.4, 0.5) is 5.69 Å². The fourth-order valence-electron chi connectivity index (χ4n) is 3.03. The van der Waals surface area contributed by atoms with Crippen molar-refractivity contribution in [3.63, 3.8) is 0 Å². The summed E-state index contributed by atoms with van der Waals surface area (Å²) in [7, 11) is 1.73. The van der Waals surface area contributed by atoms with Gasteiger partial charge in [-0.3, -0.25) is 0 Å². The SMILES string of the molecule is CCOC(=O)c1c(-c2ccc(-c3ccccc3N)cc2)c(C#N)cn1C. The monoisotopic (exact) mass is 345 g/mol. The predicted octanol–water partition coefficient (Wildman–Crippen LogP) is 3.99. The van der Waals surface area contributed by atoms with Gasteiger partial charge in [0, 0.05) is 30.1 Å². The number of benzene rings is 2. The molecular formula is C21H19N3O2. The van der Waals surface area contributed by atoms with Crippen LogP contribution >= 0.6 is 0 Å². The highest BCUT2D eigenvalue weighted by Gasteiger charge is 2.22. The van der Waals surface area contributed by atoms with Gasteiger partial charge in [-0.2, -0.15) is 5.26 Å². The van der Waals surface area contributed by atoms with E-state index in [2.05, 4.69) is 6.07 Å². The molecule has 0 radical (unpaired) electrons. The topological polar surface area (TPSA) is 81.0 Å². The van der Waals surface area contributed by atoms with E-state index in [9.17, 15) is 10.1 Å². The van der Waals surface area contributed by atoms with Crippen LogP contribution in [-0.4, -0.2) is 17.1 Å². The third-order valence-electron chi connectivity index (χ3n) is 4.22. The number of para-hydroxylation sites is 1. The number of nitriles is 1. The molecule has 3 aromatic rings. The lowest BCUT2D eigenvalue weighted by molar-refractivity contribution is 0.0516. The predicted molar refractivity (Wildman–Crippen MR) is 101 cm³/mol. The molecule has 0 aliphatic heterocycles. The summed E-state index contributed by atoms with van der Waals surface area (Å²) >= 11 is 0. The first-order chi connectivity index (χ1) is 12.6. The molecule has 1 aromatic heterocycles. The van der Waals surface area contributed by atoms with E-state index in [1.807, 2.05) is 48.5 Å². The number of aryl methyl sites for hydroxylation is 1. The molecule has 0 spiro atoms. The zero-order chi connectivity index (χ0) is 18.7. The van der Waals surface area contributed by atoms with Gasteiger partial charge in [-0.05, 0) is 24.1 Å². The van der Waals surface area contributed by atoms with Crippen LogP contribution in [0, 0.1) is 11.3 Å². The number of rotatable bonds is 4. The number of hydrogen-bond donors (Lipinski definition) is 1. The highest BCUT2D eigenvalue weighted by Crippen LogP contribution is 2.32. The fourth-order valence-corrected chi connectivity index (χ4v) is 3.03. The standard InChI is InChI=1S/C21H19N3O2/c1-3-26-21(25)20-19(16(12-22)13-24(20)2)15-10-8-14(9-11-15)17-6-4-5-7-18(17)23/h4-11,13H,3,23H2,1-2H3. The Morgan fingerprint density at radius 1 is 1.15 bits per heavy atom. The van der Waals surface area contributed by atoms with Crippen LogP contribution in [0.2, 0.25) is 0 Å². The Kier molecular flexibility index (Phi) is 4.76. The molecule has 5 nitrogen and oxygen atoms in total. The molecule has 0 amide bonds. The maximum atomic E-state index is 12.4. The van der Waals surface area contributed by atoms with Gasteiger partial charge in [0.05, 0.1) is 12.2 Å². The molecule has 130 valence electrons. The quantitative estimate of drug-likeness (QED) is 0.572. The highest BCUT2D eigenvalue weighted by atomic mass is 16.5. The smallest absolute Gasteiger partial charge is 0.355 e. The normalized spacial score (nSPS) is 10.3. The summed E-state index contributed by atoms with van der Waals surface area (Å²) in [4.78, 5) is 12.4. The average molecular weight is 345 g/mol. The Balaban J connectivity index is 2.09. The van der Waals surface area contributed by atoms with Crippen molar-refractivity contribution >= 4 is 11.7 Å². The van der Waals surface area contributed by atoms with E-state index in [0.29, 0.717) is 22.5 Å². The molecular weight excluding hydrogens is 326 g/mol. The van der Waals surface area contributed by atoms with Crippen LogP contribution in [-0.2, 0) is 11.8 Å². The van der Waals surface area contributed by atoms with Crippen LogP contribution in [0.3, 0.4) is 0 Å². The molecule has 26 heavy (non-hydrogen) atoms. The van der Waals surface area contributed by atoms with E-state index < -0.39 is 5.97 Å². The summed E-state index contributed by atoms with van der Waals surface area (Å²) < 4.78 is 6.79. The van der Waals surface area contributed by atoms with Gasteiger partial charge in [-0.25, -0.2) is 4.79 Å². The Morgan fingerprint density at radius 3 is 2.42 bits per heavy atom. The van der Waals surface area contributed by atoms with Crippen molar-refractivity contribution in [3.8, 4) is 28.3 Å². The zero-order valence-electron chi connectivity index (χ0n) is 14.7. The average Bonchev–Trinajstić information content (AvgIpc) is 2.99. The summed E-state index contributed by atoms with van der Waals surface area (Å²) in [6, 6.07) is 17.4. The van der Waals surface area contributed by atoms with Crippen molar-refractivity contribution in [2.75, 3.05) is 12.3 Å². The minimum Gasteiger partial charge on any atom is -0.461 e. The van der Waals surface area contributed by atoms with Gasteiger partial charge in [-0.15, -0.1) is 0 Å². The molecule has 0 bridgehead atoms. The van der Waals surface area contributed by atoms with Crippen LogP contribution in [0.15, 0.2) is 54.7 Å². The van der Waals surface area contributed by atoms with Crippen molar-refractivity contribution in [3.05, 3.63) is 66.0 Å². The number of carbonyl (C=O) groups is 1. The molecule has 0 unspecified atom stereocenters. The van der Waals surface area contributed by atoms with E-state index in [0.717, 1.165) is 16.7 Å². The second-order valence-electron chi connectivity index (χ2n) is 5.87. The number of ether oxygens (including phenoxy) is 1. The van der Waals surface area contributed by atoms with Crippen molar-refractivity contribution in [1.29, 1.82) is 5.26 Å². The van der Waals surface area contributed by atoms with Gasteiger partial charge in [0.2, 0.25) is 0 Å². The van der Waals surface area contributed by atoms with Crippen LogP contribution < -0.4 is 5.73 Å². The Hall–Kier alpha value is -3.52. The fraction of sp³-hybridized carbons (Fsp3) is 0.143. The number of esters is 1. The third kappa shape index (κ3) is 3.05. The van der Waals surface area contributed by atoms with E-state index in [-0.39, 0.29) is 6.61 Å². The zero-order valence-corrected chi connectivity index (χ0v) is 14.7. The van der Waals surface area contributed by atoms with Gasteiger partial charge < -0.3 is 15.0 Å². The van der Waals surface area contributed by atoms with E-state index in [1.165, 1.54) is 0 Å². The largest absolute Gasteiger partial charge is 0.461 e. The molecule has 0 aliphatic rings. The van der Waals surface area contributed by atoms with E-state index in [1.54, 1.807) is 24.7 Å². The number of hydrogen-bond acceptors (Lipinski definition) is 4. The number of nitrogens with two attached hydrogens (primary N) is 1. The summed E-state index contributed by atoms with van der Waals surface area (Å²) in [5.41, 5.74) is 10.8. The van der Waals surface area contributed by atoms with E-state index in [4.69, 9.17) is 10.5 Å². The Morgan fingerprint density at radius 2 is 1.81 bits per heavy atom. The maximum Gasteiger partial charge on any atom is 0.355 e. The molecule has 2 N–H and O–H groups in total. The molecule has 0 aliphatic carbocycles. The van der Waals surface area contributed by atoms with Crippen LogP contribution in [0.5, 0.6) is 0 Å². The molecule has 0 fully saturated rings. The van der Waals surface area contributed by atoms with Crippen LogP contribution in [0.25, 0.3) is 22.3 Å². The Labute approximate surface area is 152 Å². The van der Waals surface area contributed by atoms with Crippen molar-refractivity contribution in [1.82, 2.24) is 4.57 Å². The highest BCUT2D eigenvalue weighted by molar-refractivity contribution is 5.98. The van der Waals surface area contributed by atoms with Gasteiger partial charge >= 0.3 is 5.97 Å².